The fourth-order valence-corrected chi connectivity index (χ4v) is 3.02. The van der Waals surface area contributed by atoms with Gasteiger partial charge in [0.15, 0.2) is 0 Å². The van der Waals surface area contributed by atoms with Crippen molar-refractivity contribution < 1.29 is 4.79 Å². The van der Waals surface area contributed by atoms with Crippen molar-refractivity contribution in [3.63, 3.8) is 0 Å². The second-order valence-corrected chi connectivity index (χ2v) is 6.36. The molecule has 3 rings (SSSR count). The molecule has 0 radical (unpaired) electrons. The van der Waals surface area contributed by atoms with Crippen LogP contribution in [0.25, 0.3) is 0 Å². The van der Waals surface area contributed by atoms with E-state index in [1.807, 2.05) is 32.0 Å². The third-order valence-electron chi connectivity index (χ3n) is 4.67. The summed E-state index contributed by atoms with van der Waals surface area (Å²) in [6.07, 6.45) is 6.36. The maximum absolute atomic E-state index is 12.6. The molecule has 0 spiro atoms. The predicted molar refractivity (Wildman–Crippen MR) is 96.6 cm³/mol. The van der Waals surface area contributed by atoms with Gasteiger partial charge < -0.3 is 10.2 Å². The van der Waals surface area contributed by atoms with E-state index < -0.39 is 0 Å². The quantitative estimate of drug-likeness (QED) is 0.934. The highest BCUT2D eigenvalue weighted by molar-refractivity contribution is 6.03. The van der Waals surface area contributed by atoms with E-state index in [9.17, 15) is 4.79 Å². The number of anilines is 2. The average molecular weight is 324 g/mol. The van der Waals surface area contributed by atoms with Crippen molar-refractivity contribution >= 4 is 17.4 Å². The first-order chi connectivity index (χ1) is 11.6. The van der Waals surface area contributed by atoms with Gasteiger partial charge in [-0.15, -0.1) is 0 Å². The number of carbonyl (C=O) groups excluding carboxylic acids is 1. The van der Waals surface area contributed by atoms with E-state index in [0.29, 0.717) is 5.69 Å². The zero-order chi connectivity index (χ0) is 16.9. The second kappa shape index (κ2) is 7.43. The summed E-state index contributed by atoms with van der Waals surface area (Å²) in [5.41, 5.74) is 3.47. The fraction of sp³-hybridized carbons (Fsp3) is 0.421. The molecule has 126 valence electrons. The highest BCUT2D eigenvalue weighted by atomic mass is 16.1. The largest absolute Gasteiger partial charge is 0.357 e. The van der Waals surface area contributed by atoms with Gasteiger partial charge in [-0.05, 0) is 43.9 Å². The van der Waals surface area contributed by atoms with Crippen LogP contribution in [0.3, 0.4) is 0 Å². The number of benzene rings is 1. The minimum absolute atomic E-state index is 0.192. The van der Waals surface area contributed by atoms with Gasteiger partial charge in [0.1, 0.15) is 17.8 Å². The van der Waals surface area contributed by atoms with Crippen LogP contribution in [0.15, 0.2) is 30.6 Å². The zero-order valence-electron chi connectivity index (χ0n) is 14.4. The van der Waals surface area contributed by atoms with Crippen molar-refractivity contribution in [2.45, 2.75) is 39.5 Å². The van der Waals surface area contributed by atoms with Crippen LogP contribution in [-0.4, -0.2) is 29.0 Å². The van der Waals surface area contributed by atoms with E-state index >= 15 is 0 Å². The molecule has 0 unspecified atom stereocenters. The molecule has 2 aromatic rings. The van der Waals surface area contributed by atoms with Crippen molar-refractivity contribution in [1.82, 2.24) is 9.97 Å². The van der Waals surface area contributed by atoms with E-state index in [1.54, 1.807) is 6.07 Å². The smallest absolute Gasteiger partial charge is 0.274 e. The maximum atomic E-state index is 12.6. The van der Waals surface area contributed by atoms with Gasteiger partial charge in [0.2, 0.25) is 0 Å². The molecule has 0 saturated carbocycles. The maximum Gasteiger partial charge on any atom is 0.274 e. The van der Waals surface area contributed by atoms with Crippen molar-refractivity contribution in [2.24, 2.45) is 0 Å². The fourth-order valence-electron chi connectivity index (χ4n) is 3.02. The first-order valence-electron chi connectivity index (χ1n) is 8.60. The first kappa shape index (κ1) is 16.4. The van der Waals surface area contributed by atoms with Crippen LogP contribution in [0.1, 0.15) is 47.3 Å². The number of aromatic nitrogens is 2. The first-order valence-corrected chi connectivity index (χ1v) is 8.60. The van der Waals surface area contributed by atoms with Gasteiger partial charge in [0.25, 0.3) is 5.91 Å². The molecule has 1 aliphatic rings. The monoisotopic (exact) mass is 324 g/mol. The molecule has 0 aliphatic carbocycles. The van der Waals surface area contributed by atoms with Crippen molar-refractivity contribution in [3.05, 3.63) is 47.4 Å². The average Bonchev–Trinajstić information content (AvgIpc) is 2.88. The Morgan fingerprint density at radius 1 is 1.08 bits per heavy atom. The van der Waals surface area contributed by atoms with Crippen LogP contribution < -0.4 is 10.2 Å². The van der Waals surface area contributed by atoms with E-state index in [1.165, 1.54) is 32.0 Å². The molecule has 1 fully saturated rings. The lowest BCUT2D eigenvalue weighted by atomic mass is 10.1. The van der Waals surface area contributed by atoms with Crippen LogP contribution in [0, 0.1) is 13.8 Å². The van der Waals surface area contributed by atoms with Crippen molar-refractivity contribution in [3.8, 4) is 0 Å². The van der Waals surface area contributed by atoms with Gasteiger partial charge in [-0.3, -0.25) is 4.79 Å². The van der Waals surface area contributed by atoms with E-state index in [0.717, 1.165) is 35.7 Å². The molecule has 1 N–H and O–H groups in total. The lowest BCUT2D eigenvalue weighted by molar-refractivity contribution is 0.102. The lowest BCUT2D eigenvalue weighted by Crippen LogP contribution is -2.25. The topological polar surface area (TPSA) is 58.1 Å². The van der Waals surface area contributed by atoms with E-state index in [-0.39, 0.29) is 5.91 Å². The standard InChI is InChI=1S/C19H24N4O/c1-14-8-7-9-16(15(14)2)22-19(24)17-12-18(21-13-20-17)23-10-5-3-4-6-11-23/h7-9,12-13H,3-6,10-11H2,1-2H3,(H,22,24). The molecule has 1 amide bonds. The van der Waals surface area contributed by atoms with Crippen LogP contribution in [0.5, 0.6) is 0 Å². The molecule has 0 bridgehead atoms. The second-order valence-electron chi connectivity index (χ2n) is 6.36. The molecule has 5 heteroatoms. The van der Waals surface area contributed by atoms with E-state index in [4.69, 9.17) is 0 Å². The number of rotatable bonds is 3. The van der Waals surface area contributed by atoms with Gasteiger partial charge in [-0.25, -0.2) is 9.97 Å². The molecule has 1 aliphatic heterocycles. The Morgan fingerprint density at radius 3 is 2.58 bits per heavy atom. The van der Waals surface area contributed by atoms with Gasteiger partial charge in [0.05, 0.1) is 0 Å². The number of hydrogen-bond donors (Lipinski definition) is 1. The third-order valence-corrected chi connectivity index (χ3v) is 4.67. The number of amides is 1. The van der Waals surface area contributed by atoms with Crippen LogP contribution >= 0.6 is 0 Å². The van der Waals surface area contributed by atoms with Gasteiger partial charge in [-0.2, -0.15) is 0 Å². The summed E-state index contributed by atoms with van der Waals surface area (Å²) in [6.45, 7) is 6.03. The minimum atomic E-state index is -0.192. The molecule has 1 saturated heterocycles. The Morgan fingerprint density at radius 2 is 1.83 bits per heavy atom. The van der Waals surface area contributed by atoms with Gasteiger partial charge >= 0.3 is 0 Å². The normalized spacial score (nSPS) is 15.0. The molecule has 1 aromatic heterocycles. The Hall–Kier alpha value is -2.43. The van der Waals surface area contributed by atoms with E-state index in [2.05, 4.69) is 20.2 Å². The number of nitrogens with one attached hydrogen (secondary N) is 1. The van der Waals surface area contributed by atoms with Gasteiger partial charge in [0, 0.05) is 24.8 Å². The number of carbonyl (C=O) groups is 1. The Bertz CT molecular complexity index is 721. The molecular weight excluding hydrogens is 300 g/mol. The Kier molecular flexibility index (Phi) is 5.08. The summed E-state index contributed by atoms with van der Waals surface area (Å²) in [6, 6.07) is 7.69. The molecule has 0 atom stereocenters. The van der Waals surface area contributed by atoms with Crippen LogP contribution in [0.4, 0.5) is 11.5 Å². The molecule has 2 heterocycles. The highest BCUT2D eigenvalue weighted by Gasteiger charge is 2.15. The summed E-state index contributed by atoms with van der Waals surface area (Å²) < 4.78 is 0. The summed E-state index contributed by atoms with van der Waals surface area (Å²) in [7, 11) is 0. The highest BCUT2D eigenvalue weighted by Crippen LogP contribution is 2.20. The number of nitrogens with zero attached hydrogens (tertiary/aromatic N) is 3. The summed E-state index contributed by atoms with van der Waals surface area (Å²) in [4.78, 5) is 23.3. The summed E-state index contributed by atoms with van der Waals surface area (Å²) in [5, 5.41) is 2.96. The number of hydrogen-bond acceptors (Lipinski definition) is 4. The number of aryl methyl sites for hydroxylation is 1. The van der Waals surface area contributed by atoms with Crippen molar-refractivity contribution in [1.29, 1.82) is 0 Å². The predicted octanol–water partition coefficient (Wildman–Crippen LogP) is 3.73. The molecular formula is C19H24N4O. The molecule has 5 nitrogen and oxygen atoms in total. The van der Waals surface area contributed by atoms with Crippen LogP contribution in [-0.2, 0) is 0 Å². The minimum Gasteiger partial charge on any atom is -0.357 e. The molecule has 1 aromatic carbocycles. The van der Waals surface area contributed by atoms with Crippen LogP contribution in [0.2, 0.25) is 0 Å². The van der Waals surface area contributed by atoms with Crippen molar-refractivity contribution in [2.75, 3.05) is 23.3 Å². The van der Waals surface area contributed by atoms with Gasteiger partial charge in [-0.1, -0.05) is 25.0 Å². The Balaban J connectivity index is 1.77. The summed E-state index contributed by atoms with van der Waals surface area (Å²) >= 11 is 0. The zero-order valence-corrected chi connectivity index (χ0v) is 14.4. The Labute approximate surface area is 143 Å². The lowest BCUT2D eigenvalue weighted by Gasteiger charge is -2.21. The SMILES string of the molecule is Cc1cccc(NC(=O)c2cc(N3CCCCCC3)ncn2)c1C. The molecule has 24 heavy (non-hydrogen) atoms. The summed E-state index contributed by atoms with van der Waals surface area (Å²) in [5.74, 6) is 0.653. The third kappa shape index (κ3) is 3.72.